The number of nitriles is 1. The number of nitrogens with one attached hydrogen (secondary N) is 1. The molecule has 0 aliphatic carbocycles. The molecule has 2 N–H and O–H groups in total. The van der Waals surface area contributed by atoms with E-state index < -0.39 is 21.5 Å². The molecule has 0 fully saturated rings. The van der Waals surface area contributed by atoms with E-state index in [1.54, 1.807) is 13.8 Å². The second-order valence-corrected chi connectivity index (χ2v) is 6.74. The number of nitrogens with zero attached hydrogens (tertiary/aromatic N) is 1. The molecule has 0 saturated heterocycles. The standard InChI is InChI=1S/C14H18N2O4S/c1-4-7-14(3,13(17)18)16-21(19,20)12-8-11(9-15)6-5-10(12)2/h5-6,8,16H,4,7H2,1-3H3,(H,17,18). The zero-order valence-corrected chi connectivity index (χ0v) is 13.0. The van der Waals surface area contributed by atoms with Gasteiger partial charge >= 0.3 is 5.97 Å². The van der Waals surface area contributed by atoms with Gasteiger partial charge in [-0.2, -0.15) is 9.98 Å². The van der Waals surface area contributed by atoms with E-state index in [1.165, 1.54) is 25.1 Å². The number of carbonyl (C=O) groups is 1. The highest BCUT2D eigenvalue weighted by Gasteiger charge is 2.37. The van der Waals surface area contributed by atoms with E-state index in [0.29, 0.717) is 12.0 Å². The zero-order valence-electron chi connectivity index (χ0n) is 12.2. The number of aryl methyl sites for hydroxylation is 1. The smallest absolute Gasteiger partial charge is 0.324 e. The third kappa shape index (κ3) is 3.80. The molecule has 1 aromatic rings. The normalized spacial score (nSPS) is 14.2. The first-order valence-corrected chi connectivity index (χ1v) is 7.92. The van der Waals surface area contributed by atoms with E-state index in [1.807, 2.05) is 6.07 Å². The van der Waals surface area contributed by atoms with E-state index in [2.05, 4.69) is 4.72 Å². The maximum absolute atomic E-state index is 12.4. The molecule has 1 rings (SSSR count). The number of hydrogen-bond acceptors (Lipinski definition) is 4. The molecule has 0 aromatic heterocycles. The van der Waals surface area contributed by atoms with Gasteiger partial charge in [0.05, 0.1) is 16.5 Å². The van der Waals surface area contributed by atoms with Gasteiger partial charge in [0, 0.05) is 0 Å². The lowest BCUT2D eigenvalue weighted by molar-refractivity contribution is -0.143. The minimum atomic E-state index is -4.03. The summed E-state index contributed by atoms with van der Waals surface area (Å²) in [7, 11) is -4.03. The lowest BCUT2D eigenvalue weighted by atomic mass is 9.98. The van der Waals surface area contributed by atoms with Crippen molar-refractivity contribution in [3.8, 4) is 6.07 Å². The maximum Gasteiger partial charge on any atom is 0.324 e. The zero-order chi connectivity index (χ0) is 16.3. The molecule has 1 unspecified atom stereocenters. The Labute approximate surface area is 124 Å². The monoisotopic (exact) mass is 310 g/mol. The average molecular weight is 310 g/mol. The van der Waals surface area contributed by atoms with Crippen molar-refractivity contribution in [1.82, 2.24) is 4.72 Å². The van der Waals surface area contributed by atoms with Crippen LogP contribution in [-0.2, 0) is 14.8 Å². The summed E-state index contributed by atoms with van der Waals surface area (Å²) in [6.45, 7) is 4.70. The van der Waals surface area contributed by atoms with Gasteiger partial charge in [0.1, 0.15) is 5.54 Å². The van der Waals surface area contributed by atoms with Gasteiger partial charge in [0.15, 0.2) is 0 Å². The molecule has 0 aliphatic rings. The Morgan fingerprint density at radius 3 is 2.57 bits per heavy atom. The van der Waals surface area contributed by atoms with Crippen LogP contribution in [0.4, 0.5) is 0 Å². The number of hydrogen-bond donors (Lipinski definition) is 2. The summed E-state index contributed by atoms with van der Waals surface area (Å²) >= 11 is 0. The molecular formula is C14H18N2O4S. The molecule has 0 bridgehead atoms. The van der Waals surface area contributed by atoms with Crippen LogP contribution < -0.4 is 4.72 Å². The van der Waals surface area contributed by atoms with Crippen LogP contribution in [0.5, 0.6) is 0 Å². The van der Waals surface area contributed by atoms with Crippen molar-refractivity contribution in [3.63, 3.8) is 0 Å². The molecule has 1 atom stereocenters. The Bertz CT molecular complexity index is 691. The first-order chi connectivity index (χ1) is 9.66. The molecule has 0 aliphatic heterocycles. The maximum atomic E-state index is 12.4. The molecule has 0 saturated carbocycles. The van der Waals surface area contributed by atoms with Crippen molar-refractivity contribution in [3.05, 3.63) is 29.3 Å². The van der Waals surface area contributed by atoms with E-state index in [4.69, 9.17) is 5.26 Å². The highest BCUT2D eigenvalue weighted by molar-refractivity contribution is 7.89. The number of carboxylic acid groups (broad SMARTS) is 1. The van der Waals surface area contributed by atoms with Gasteiger partial charge in [-0.25, -0.2) is 8.42 Å². The van der Waals surface area contributed by atoms with Crippen molar-refractivity contribution in [2.75, 3.05) is 0 Å². The number of aliphatic carboxylic acids is 1. The molecule has 1 aromatic carbocycles. The van der Waals surface area contributed by atoms with Crippen molar-refractivity contribution in [1.29, 1.82) is 5.26 Å². The molecule has 0 heterocycles. The Kier molecular flexibility index (Phi) is 5.10. The van der Waals surface area contributed by atoms with Crippen LogP contribution in [-0.4, -0.2) is 25.0 Å². The molecule has 7 heteroatoms. The van der Waals surface area contributed by atoms with Gasteiger partial charge in [-0.05, 0) is 38.0 Å². The summed E-state index contributed by atoms with van der Waals surface area (Å²) in [5, 5.41) is 18.1. The van der Waals surface area contributed by atoms with E-state index >= 15 is 0 Å². The number of carboxylic acids is 1. The van der Waals surface area contributed by atoms with Crippen LogP contribution >= 0.6 is 0 Å². The van der Waals surface area contributed by atoms with Crippen LogP contribution in [0.25, 0.3) is 0 Å². The van der Waals surface area contributed by atoms with Crippen molar-refractivity contribution in [2.24, 2.45) is 0 Å². The second kappa shape index (κ2) is 6.24. The quantitative estimate of drug-likeness (QED) is 0.833. The highest BCUT2D eigenvalue weighted by atomic mass is 32.2. The Balaban J connectivity index is 3.29. The summed E-state index contributed by atoms with van der Waals surface area (Å²) in [5.41, 5.74) is -0.929. The minimum absolute atomic E-state index is 0.0786. The number of rotatable bonds is 6. The third-order valence-electron chi connectivity index (χ3n) is 3.19. The van der Waals surface area contributed by atoms with Crippen LogP contribution in [0.3, 0.4) is 0 Å². The third-order valence-corrected chi connectivity index (χ3v) is 4.93. The SMILES string of the molecule is CCCC(C)(NS(=O)(=O)c1cc(C#N)ccc1C)C(=O)O. The summed E-state index contributed by atoms with van der Waals surface area (Å²) in [4.78, 5) is 11.3. The molecule has 0 radical (unpaired) electrons. The Hall–Kier alpha value is -1.91. The van der Waals surface area contributed by atoms with Crippen molar-refractivity contribution >= 4 is 16.0 Å². The molecule has 6 nitrogen and oxygen atoms in total. The Morgan fingerprint density at radius 2 is 2.10 bits per heavy atom. The summed E-state index contributed by atoms with van der Waals surface area (Å²) < 4.78 is 27.1. The largest absolute Gasteiger partial charge is 0.480 e. The summed E-state index contributed by atoms with van der Waals surface area (Å²) in [5.74, 6) is -1.23. The minimum Gasteiger partial charge on any atom is -0.480 e. The molecule has 0 amide bonds. The van der Waals surface area contributed by atoms with E-state index in [9.17, 15) is 18.3 Å². The Morgan fingerprint density at radius 1 is 1.48 bits per heavy atom. The summed E-state index contributed by atoms with van der Waals surface area (Å²) in [6, 6.07) is 6.14. The van der Waals surface area contributed by atoms with Crippen LogP contribution in [0.1, 0.15) is 37.8 Å². The lowest BCUT2D eigenvalue weighted by Crippen LogP contribution is -2.52. The fourth-order valence-corrected chi connectivity index (χ4v) is 3.68. The second-order valence-electron chi connectivity index (χ2n) is 5.08. The van der Waals surface area contributed by atoms with Crippen molar-refractivity contribution in [2.45, 2.75) is 44.0 Å². The van der Waals surface area contributed by atoms with Gasteiger partial charge in [0.2, 0.25) is 10.0 Å². The molecule has 114 valence electrons. The van der Waals surface area contributed by atoms with E-state index in [-0.39, 0.29) is 16.9 Å². The van der Waals surface area contributed by atoms with Crippen molar-refractivity contribution < 1.29 is 18.3 Å². The average Bonchev–Trinajstić information content (AvgIpc) is 2.38. The lowest BCUT2D eigenvalue weighted by Gasteiger charge is -2.25. The predicted molar refractivity (Wildman–Crippen MR) is 77.2 cm³/mol. The summed E-state index contributed by atoms with van der Waals surface area (Å²) in [6.07, 6.45) is 0.682. The molecule has 0 spiro atoms. The fraction of sp³-hybridized carbons (Fsp3) is 0.429. The van der Waals surface area contributed by atoms with Gasteiger partial charge in [0.25, 0.3) is 0 Å². The molecular weight excluding hydrogens is 292 g/mol. The van der Waals surface area contributed by atoms with Gasteiger partial charge in [-0.15, -0.1) is 0 Å². The van der Waals surface area contributed by atoms with Crippen LogP contribution in [0.15, 0.2) is 23.1 Å². The number of sulfonamides is 1. The highest BCUT2D eigenvalue weighted by Crippen LogP contribution is 2.21. The van der Waals surface area contributed by atoms with Gasteiger partial charge in [-0.3, -0.25) is 4.79 Å². The van der Waals surface area contributed by atoms with Gasteiger partial charge in [-0.1, -0.05) is 19.4 Å². The predicted octanol–water partition coefficient (Wildman–Crippen LogP) is 1.79. The fourth-order valence-electron chi connectivity index (χ4n) is 2.01. The molecule has 21 heavy (non-hydrogen) atoms. The van der Waals surface area contributed by atoms with Crippen LogP contribution in [0.2, 0.25) is 0 Å². The first kappa shape index (κ1) is 17.1. The van der Waals surface area contributed by atoms with Gasteiger partial charge < -0.3 is 5.11 Å². The van der Waals surface area contributed by atoms with Crippen LogP contribution in [0, 0.1) is 18.3 Å². The first-order valence-electron chi connectivity index (χ1n) is 6.44. The topological polar surface area (TPSA) is 107 Å². The number of benzene rings is 1. The van der Waals surface area contributed by atoms with E-state index in [0.717, 1.165) is 0 Å².